The highest BCUT2D eigenvalue weighted by Crippen LogP contribution is 2.33. The van der Waals surface area contributed by atoms with E-state index >= 15 is 0 Å². The number of thiophene rings is 1. The second-order valence-corrected chi connectivity index (χ2v) is 8.28. The highest BCUT2D eigenvalue weighted by atomic mass is 79.9. The van der Waals surface area contributed by atoms with Gasteiger partial charge in [0.2, 0.25) is 0 Å². The summed E-state index contributed by atoms with van der Waals surface area (Å²) in [6, 6.07) is 3.02. The summed E-state index contributed by atoms with van der Waals surface area (Å²) in [6.45, 7) is 8.30. The van der Waals surface area contributed by atoms with Gasteiger partial charge in [0.15, 0.2) is 0 Å². The Bertz CT molecular complexity index is 392. The molecular weight excluding hydrogens is 378 g/mol. The summed E-state index contributed by atoms with van der Waals surface area (Å²) in [6.07, 6.45) is 0. The molecule has 1 aromatic rings. The second-order valence-electron chi connectivity index (χ2n) is 4.97. The first-order chi connectivity index (χ1) is 8.72. The van der Waals surface area contributed by atoms with Crippen LogP contribution in [-0.2, 0) is 6.54 Å². The Hall–Kier alpha value is 0.540. The molecule has 0 amide bonds. The van der Waals surface area contributed by atoms with Crippen LogP contribution in [0.1, 0.15) is 4.88 Å². The van der Waals surface area contributed by atoms with Crippen molar-refractivity contribution in [3.05, 3.63) is 19.2 Å². The number of piperazine rings is 1. The van der Waals surface area contributed by atoms with E-state index in [2.05, 4.69) is 53.0 Å². The number of halogens is 2. The first kappa shape index (κ1) is 13.5. The Morgan fingerprint density at radius 3 is 2.61 bits per heavy atom. The van der Waals surface area contributed by atoms with Crippen LogP contribution in [0.5, 0.6) is 0 Å². The van der Waals surface area contributed by atoms with Gasteiger partial charge in [-0.25, -0.2) is 0 Å². The quantitative estimate of drug-likeness (QED) is 0.848. The maximum atomic E-state index is 3.56. The molecule has 6 heteroatoms. The summed E-state index contributed by atoms with van der Waals surface area (Å²) >= 11 is 8.94. The first-order valence-electron chi connectivity index (χ1n) is 6.33. The van der Waals surface area contributed by atoms with E-state index in [-0.39, 0.29) is 0 Å². The van der Waals surface area contributed by atoms with Gasteiger partial charge in [-0.1, -0.05) is 0 Å². The summed E-state index contributed by atoms with van der Waals surface area (Å²) in [4.78, 5) is 6.61. The second kappa shape index (κ2) is 5.89. The third-order valence-corrected chi connectivity index (χ3v) is 6.92. The molecule has 0 bridgehead atoms. The van der Waals surface area contributed by atoms with Gasteiger partial charge in [-0.2, -0.15) is 0 Å². The summed E-state index contributed by atoms with van der Waals surface area (Å²) in [5.41, 5.74) is 0. The molecule has 0 saturated carbocycles. The maximum absolute atomic E-state index is 3.56. The highest BCUT2D eigenvalue weighted by molar-refractivity contribution is 9.13. The van der Waals surface area contributed by atoms with E-state index in [1.54, 1.807) is 0 Å². The van der Waals surface area contributed by atoms with Gasteiger partial charge in [-0.3, -0.25) is 9.80 Å². The third-order valence-electron chi connectivity index (χ3n) is 3.68. The van der Waals surface area contributed by atoms with Crippen molar-refractivity contribution in [3.8, 4) is 0 Å². The Morgan fingerprint density at radius 1 is 1.28 bits per heavy atom. The molecule has 3 nitrogen and oxygen atoms in total. The zero-order valence-corrected chi connectivity index (χ0v) is 14.2. The number of hydrogen-bond donors (Lipinski definition) is 1. The molecule has 1 aromatic heterocycles. The van der Waals surface area contributed by atoms with Gasteiger partial charge >= 0.3 is 0 Å². The van der Waals surface area contributed by atoms with Crippen LogP contribution in [0, 0.1) is 0 Å². The molecule has 100 valence electrons. The standard InChI is InChI=1S/C12H17Br2N3S/c13-11-5-10(18-12(11)14)8-16-6-9(7-16)17-3-1-15-2-4-17/h5,9,15H,1-4,6-8H2. The van der Waals surface area contributed by atoms with Crippen molar-refractivity contribution in [3.63, 3.8) is 0 Å². The molecule has 2 fully saturated rings. The number of nitrogens with zero attached hydrogens (tertiary/aromatic N) is 2. The predicted molar refractivity (Wildman–Crippen MR) is 83.2 cm³/mol. The topological polar surface area (TPSA) is 18.5 Å². The molecule has 3 heterocycles. The molecule has 18 heavy (non-hydrogen) atoms. The monoisotopic (exact) mass is 393 g/mol. The smallest absolute Gasteiger partial charge is 0.0843 e. The number of nitrogens with one attached hydrogen (secondary N) is 1. The van der Waals surface area contributed by atoms with E-state index in [9.17, 15) is 0 Å². The van der Waals surface area contributed by atoms with Crippen molar-refractivity contribution in [1.82, 2.24) is 15.1 Å². The van der Waals surface area contributed by atoms with Gasteiger partial charge in [0, 0.05) is 61.2 Å². The van der Waals surface area contributed by atoms with E-state index in [0.29, 0.717) is 0 Å². The van der Waals surface area contributed by atoms with E-state index in [1.807, 2.05) is 11.3 Å². The van der Waals surface area contributed by atoms with Crippen LogP contribution in [0.25, 0.3) is 0 Å². The minimum Gasteiger partial charge on any atom is -0.314 e. The summed E-state index contributed by atoms with van der Waals surface area (Å²) < 4.78 is 2.39. The van der Waals surface area contributed by atoms with Gasteiger partial charge in [0.05, 0.1) is 3.79 Å². The van der Waals surface area contributed by atoms with E-state index in [4.69, 9.17) is 0 Å². The largest absolute Gasteiger partial charge is 0.314 e. The lowest BCUT2D eigenvalue weighted by Gasteiger charge is -2.46. The Kier molecular flexibility index (Phi) is 4.42. The van der Waals surface area contributed by atoms with E-state index < -0.39 is 0 Å². The summed E-state index contributed by atoms with van der Waals surface area (Å²) in [7, 11) is 0. The maximum Gasteiger partial charge on any atom is 0.0843 e. The van der Waals surface area contributed by atoms with Gasteiger partial charge in [0.25, 0.3) is 0 Å². The van der Waals surface area contributed by atoms with Crippen LogP contribution in [0.15, 0.2) is 14.3 Å². The Labute approximate surface area is 129 Å². The molecule has 0 aliphatic carbocycles. The fourth-order valence-corrected chi connectivity index (χ4v) is 4.86. The van der Waals surface area contributed by atoms with Crippen LogP contribution >= 0.6 is 43.2 Å². The van der Waals surface area contributed by atoms with Crippen molar-refractivity contribution < 1.29 is 0 Å². The molecule has 0 atom stereocenters. The van der Waals surface area contributed by atoms with Gasteiger partial charge < -0.3 is 5.32 Å². The molecule has 2 aliphatic rings. The lowest BCUT2D eigenvalue weighted by molar-refractivity contribution is 0.0229. The van der Waals surface area contributed by atoms with Crippen molar-refractivity contribution in [2.45, 2.75) is 12.6 Å². The zero-order valence-electron chi connectivity index (χ0n) is 10.2. The first-order valence-corrected chi connectivity index (χ1v) is 8.73. The minimum absolute atomic E-state index is 0.791. The lowest BCUT2D eigenvalue weighted by Crippen LogP contribution is -2.62. The van der Waals surface area contributed by atoms with Crippen LogP contribution in [-0.4, -0.2) is 55.1 Å². The molecular formula is C12H17Br2N3S. The van der Waals surface area contributed by atoms with Crippen LogP contribution in [0.2, 0.25) is 0 Å². The number of hydrogen-bond acceptors (Lipinski definition) is 4. The van der Waals surface area contributed by atoms with Crippen LogP contribution in [0.4, 0.5) is 0 Å². The van der Waals surface area contributed by atoms with E-state index in [1.165, 1.54) is 39.3 Å². The molecule has 3 rings (SSSR count). The van der Waals surface area contributed by atoms with Crippen molar-refractivity contribution in [2.24, 2.45) is 0 Å². The van der Waals surface area contributed by atoms with Gasteiger partial charge in [-0.05, 0) is 37.9 Å². The fourth-order valence-electron chi connectivity index (χ4n) is 2.64. The third kappa shape index (κ3) is 2.99. The minimum atomic E-state index is 0.791. The molecule has 2 saturated heterocycles. The summed E-state index contributed by atoms with van der Waals surface area (Å²) in [5, 5.41) is 3.41. The Balaban J connectivity index is 1.47. The van der Waals surface area contributed by atoms with Gasteiger partial charge in [-0.15, -0.1) is 11.3 Å². The van der Waals surface area contributed by atoms with Crippen molar-refractivity contribution in [2.75, 3.05) is 39.3 Å². The molecule has 0 radical (unpaired) electrons. The average molecular weight is 395 g/mol. The highest BCUT2D eigenvalue weighted by Gasteiger charge is 2.32. The fraction of sp³-hybridized carbons (Fsp3) is 0.667. The van der Waals surface area contributed by atoms with Crippen LogP contribution < -0.4 is 5.32 Å². The average Bonchev–Trinajstić information content (AvgIpc) is 2.64. The van der Waals surface area contributed by atoms with E-state index in [0.717, 1.165) is 25.7 Å². The number of likely N-dealkylation sites (tertiary alicyclic amines) is 1. The van der Waals surface area contributed by atoms with Crippen LogP contribution in [0.3, 0.4) is 0 Å². The van der Waals surface area contributed by atoms with Crippen molar-refractivity contribution >= 4 is 43.2 Å². The number of rotatable bonds is 3. The normalized spacial score (nSPS) is 23.2. The SMILES string of the molecule is Brc1cc(CN2CC(N3CCNCC3)C2)sc1Br. The summed E-state index contributed by atoms with van der Waals surface area (Å²) in [5.74, 6) is 0. The molecule has 2 aliphatic heterocycles. The van der Waals surface area contributed by atoms with Crippen molar-refractivity contribution in [1.29, 1.82) is 0 Å². The lowest BCUT2D eigenvalue weighted by atomic mass is 10.1. The molecule has 0 unspecified atom stereocenters. The van der Waals surface area contributed by atoms with Gasteiger partial charge in [0.1, 0.15) is 0 Å². The molecule has 0 spiro atoms. The predicted octanol–water partition coefficient (Wildman–Crippen LogP) is 2.36. The zero-order chi connectivity index (χ0) is 12.5. The molecule has 0 aromatic carbocycles. The molecule has 1 N–H and O–H groups in total. The Morgan fingerprint density at radius 2 is 2.00 bits per heavy atom.